The summed E-state index contributed by atoms with van der Waals surface area (Å²) in [5, 5.41) is 0. The predicted molar refractivity (Wildman–Crippen MR) is 143 cm³/mol. The van der Waals surface area contributed by atoms with Gasteiger partial charge in [-0.05, 0) is 12.8 Å². The third-order valence-corrected chi connectivity index (χ3v) is 7.46. The molecule has 0 aliphatic carbocycles. The van der Waals surface area contributed by atoms with Crippen LogP contribution in [0.25, 0.3) is 0 Å². The Morgan fingerprint density at radius 2 is 0.871 bits per heavy atom. The zero-order valence-corrected chi connectivity index (χ0v) is 22.1. The highest BCUT2D eigenvalue weighted by atomic mass is 32.1. The third-order valence-electron chi connectivity index (χ3n) is 6.75. The zero-order valence-electron chi connectivity index (χ0n) is 21.2. The Labute approximate surface area is 201 Å². The van der Waals surface area contributed by atoms with Crippen molar-refractivity contribution in [3.63, 3.8) is 0 Å². The van der Waals surface area contributed by atoms with E-state index in [-0.39, 0.29) is 5.91 Å². The largest absolute Gasteiger partial charge is 0.366 e. The van der Waals surface area contributed by atoms with Crippen LogP contribution in [0.4, 0.5) is 0 Å². The van der Waals surface area contributed by atoms with Crippen LogP contribution < -0.4 is 5.73 Å². The van der Waals surface area contributed by atoms with Gasteiger partial charge in [0.1, 0.15) is 0 Å². The van der Waals surface area contributed by atoms with E-state index in [1.807, 2.05) is 0 Å². The van der Waals surface area contributed by atoms with E-state index in [9.17, 15) is 4.79 Å². The van der Waals surface area contributed by atoms with Crippen molar-refractivity contribution in [3.8, 4) is 0 Å². The fraction of sp³-hybridized carbons (Fsp3) is 0.893. The SMILES string of the molecule is C=C(C(N)=O)C(S)(CCCCCCCCCCCC)CCCCCCCCCCCC. The van der Waals surface area contributed by atoms with Gasteiger partial charge in [-0.1, -0.05) is 149 Å². The van der Waals surface area contributed by atoms with Crippen molar-refractivity contribution < 1.29 is 4.79 Å². The second-order valence-corrected chi connectivity index (χ2v) is 10.6. The van der Waals surface area contributed by atoms with Gasteiger partial charge in [0.25, 0.3) is 0 Å². The lowest BCUT2D eigenvalue weighted by Crippen LogP contribution is -2.32. The van der Waals surface area contributed by atoms with Crippen molar-refractivity contribution >= 4 is 18.5 Å². The lowest BCUT2D eigenvalue weighted by Gasteiger charge is -2.29. The molecule has 0 aromatic heterocycles. The van der Waals surface area contributed by atoms with Gasteiger partial charge in [0.05, 0.1) is 0 Å². The smallest absolute Gasteiger partial charge is 0.245 e. The van der Waals surface area contributed by atoms with Crippen LogP contribution in [-0.2, 0) is 4.79 Å². The molecular weight excluding hydrogens is 398 g/mol. The number of amides is 1. The van der Waals surface area contributed by atoms with E-state index < -0.39 is 4.75 Å². The normalized spacial score (nSPS) is 11.7. The van der Waals surface area contributed by atoms with Crippen LogP contribution in [0.15, 0.2) is 12.2 Å². The summed E-state index contributed by atoms with van der Waals surface area (Å²) in [7, 11) is 0. The van der Waals surface area contributed by atoms with Crippen molar-refractivity contribution in [2.45, 2.75) is 160 Å². The van der Waals surface area contributed by atoms with Crippen LogP contribution >= 0.6 is 12.6 Å². The first-order chi connectivity index (χ1) is 15.0. The lowest BCUT2D eigenvalue weighted by atomic mass is 9.87. The fourth-order valence-electron chi connectivity index (χ4n) is 4.47. The molecule has 0 fully saturated rings. The zero-order chi connectivity index (χ0) is 23.2. The van der Waals surface area contributed by atoms with Gasteiger partial charge >= 0.3 is 0 Å². The van der Waals surface area contributed by atoms with Gasteiger partial charge in [-0.2, -0.15) is 12.6 Å². The van der Waals surface area contributed by atoms with Gasteiger partial charge in [0.2, 0.25) is 5.91 Å². The molecule has 0 saturated heterocycles. The number of nitrogens with two attached hydrogens (primary N) is 1. The highest BCUT2D eigenvalue weighted by Crippen LogP contribution is 2.35. The Balaban J connectivity index is 3.96. The third kappa shape index (κ3) is 17.8. The van der Waals surface area contributed by atoms with E-state index in [2.05, 4.69) is 20.4 Å². The van der Waals surface area contributed by atoms with Crippen molar-refractivity contribution in [1.82, 2.24) is 0 Å². The summed E-state index contributed by atoms with van der Waals surface area (Å²) in [4.78, 5) is 11.8. The van der Waals surface area contributed by atoms with Crippen LogP contribution in [0.3, 0.4) is 0 Å². The van der Waals surface area contributed by atoms with Crippen LogP contribution in [0, 0.1) is 0 Å². The first-order valence-corrected chi connectivity index (χ1v) is 14.1. The Morgan fingerprint density at radius 1 is 0.613 bits per heavy atom. The van der Waals surface area contributed by atoms with Gasteiger partial charge in [0.15, 0.2) is 0 Å². The summed E-state index contributed by atoms with van der Waals surface area (Å²) in [6.07, 6.45) is 28.2. The fourth-order valence-corrected chi connectivity index (χ4v) is 4.89. The number of unbranched alkanes of at least 4 members (excludes halogenated alkanes) is 18. The maximum Gasteiger partial charge on any atom is 0.245 e. The van der Waals surface area contributed by atoms with Crippen molar-refractivity contribution in [1.29, 1.82) is 0 Å². The predicted octanol–water partition coefficient (Wildman–Crippen LogP) is 9.32. The summed E-state index contributed by atoms with van der Waals surface area (Å²) in [6.45, 7) is 8.54. The molecule has 2 nitrogen and oxygen atoms in total. The molecule has 0 saturated carbocycles. The van der Waals surface area contributed by atoms with E-state index in [0.717, 1.165) is 25.7 Å². The number of carbonyl (C=O) groups is 1. The van der Waals surface area contributed by atoms with Crippen LogP contribution in [0.1, 0.15) is 155 Å². The maximum absolute atomic E-state index is 11.8. The standard InChI is InChI=1S/C28H55NOS/c1-4-6-8-10-12-14-16-18-20-22-24-28(31,26(3)27(29)30)25-23-21-19-17-15-13-11-9-7-5-2/h31H,3-25H2,1-2H3,(H2,29,30). The van der Waals surface area contributed by atoms with Crippen molar-refractivity contribution in [2.24, 2.45) is 5.73 Å². The van der Waals surface area contributed by atoms with E-state index in [0.29, 0.717) is 5.57 Å². The molecule has 2 N–H and O–H groups in total. The molecule has 0 aliphatic heterocycles. The lowest BCUT2D eigenvalue weighted by molar-refractivity contribution is -0.114. The Hall–Kier alpha value is -0.440. The van der Waals surface area contributed by atoms with Gasteiger partial charge < -0.3 is 5.73 Å². The first-order valence-electron chi connectivity index (χ1n) is 13.7. The summed E-state index contributed by atoms with van der Waals surface area (Å²) in [5.41, 5.74) is 6.09. The van der Waals surface area contributed by atoms with Crippen LogP contribution in [-0.4, -0.2) is 10.7 Å². The monoisotopic (exact) mass is 453 g/mol. The molecular formula is C28H55NOS. The Kier molecular flexibility index (Phi) is 21.1. The molecule has 0 heterocycles. The number of primary amides is 1. The Bertz CT molecular complexity index is 411. The molecule has 184 valence electrons. The molecule has 31 heavy (non-hydrogen) atoms. The van der Waals surface area contributed by atoms with E-state index >= 15 is 0 Å². The molecule has 0 rings (SSSR count). The first kappa shape index (κ1) is 30.6. The summed E-state index contributed by atoms with van der Waals surface area (Å²) >= 11 is 4.93. The summed E-state index contributed by atoms with van der Waals surface area (Å²) < 4.78 is -0.411. The number of hydrogen-bond donors (Lipinski definition) is 2. The average Bonchev–Trinajstić information content (AvgIpc) is 2.75. The van der Waals surface area contributed by atoms with E-state index in [1.165, 1.54) is 116 Å². The molecule has 0 bridgehead atoms. The highest BCUT2D eigenvalue weighted by Gasteiger charge is 2.31. The quantitative estimate of drug-likeness (QED) is 0.0853. The van der Waals surface area contributed by atoms with E-state index in [1.54, 1.807) is 0 Å². The summed E-state index contributed by atoms with van der Waals surface area (Å²) in [6, 6.07) is 0. The molecule has 0 aromatic rings. The molecule has 0 spiro atoms. The molecule has 1 amide bonds. The second-order valence-electron chi connectivity index (χ2n) is 9.74. The topological polar surface area (TPSA) is 43.1 Å². The summed E-state index contributed by atoms with van der Waals surface area (Å²) in [5.74, 6) is -0.380. The molecule has 3 heteroatoms. The molecule has 0 radical (unpaired) electrons. The van der Waals surface area contributed by atoms with Gasteiger partial charge in [0, 0.05) is 10.3 Å². The average molecular weight is 454 g/mol. The maximum atomic E-state index is 11.8. The molecule has 0 atom stereocenters. The number of carbonyl (C=O) groups excluding carboxylic acids is 1. The highest BCUT2D eigenvalue weighted by molar-refractivity contribution is 7.82. The number of hydrogen-bond acceptors (Lipinski definition) is 2. The number of thiol groups is 1. The minimum absolute atomic E-state index is 0.380. The van der Waals surface area contributed by atoms with Crippen LogP contribution in [0.5, 0.6) is 0 Å². The van der Waals surface area contributed by atoms with Crippen molar-refractivity contribution in [3.05, 3.63) is 12.2 Å². The minimum Gasteiger partial charge on any atom is -0.366 e. The Morgan fingerprint density at radius 3 is 1.13 bits per heavy atom. The second kappa shape index (κ2) is 21.4. The minimum atomic E-state index is -0.411. The van der Waals surface area contributed by atoms with Crippen molar-refractivity contribution in [2.75, 3.05) is 0 Å². The van der Waals surface area contributed by atoms with Crippen LogP contribution in [0.2, 0.25) is 0 Å². The van der Waals surface area contributed by atoms with Gasteiger partial charge in [-0.3, -0.25) is 4.79 Å². The number of rotatable bonds is 24. The van der Waals surface area contributed by atoms with E-state index in [4.69, 9.17) is 18.4 Å². The van der Waals surface area contributed by atoms with Gasteiger partial charge in [-0.15, -0.1) is 0 Å². The van der Waals surface area contributed by atoms with Gasteiger partial charge in [-0.25, -0.2) is 0 Å². The molecule has 0 unspecified atom stereocenters. The molecule has 0 aliphatic rings. The molecule has 0 aromatic carbocycles.